The van der Waals surface area contributed by atoms with Crippen LogP contribution in [0.15, 0.2) is 36.6 Å². The second kappa shape index (κ2) is 3.51. The summed E-state index contributed by atoms with van der Waals surface area (Å²) in [5.41, 5.74) is 3.10. The van der Waals surface area contributed by atoms with Gasteiger partial charge in [0.05, 0.1) is 10.5 Å². The Bertz CT molecular complexity index is 330. The lowest BCUT2D eigenvalue weighted by Gasteiger charge is -1.93. The van der Waals surface area contributed by atoms with Crippen LogP contribution in [-0.4, -0.2) is 4.92 Å². The zero-order valence-electron chi connectivity index (χ0n) is 6.36. The number of hydrogen-bond donors (Lipinski definition) is 0. The third-order valence-corrected chi connectivity index (χ3v) is 1.39. The van der Waals surface area contributed by atoms with Crippen LogP contribution in [0.3, 0.4) is 0 Å². The lowest BCUT2D eigenvalue weighted by atomic mass is 10.2. The van der Waals surface area contributed by atoms with E-state index in [2.05, 4.69) is 12.3 Å². The van der Waals surface area contributed by atoms with Crippen molar-refractivity contribution in [3.8, 4) is 0 Å². The van der Waals surface area contributed by atoms with Crippen LogP contribution < -0.4 is 0 Å². The number of nitro benzene ring substituents is 1. The molecular formula is C9H7NO2. The molecule has 0 amide bonds. The van der Waals surface area contributed by atoms with Gasteiger partial charge >= 0.3 is 0 Å². The molecular weight excluding hydrogens is 154 g/mol. The van der Waals surface area contributed by atoms with Gasteiger partial charge in [0.15, 0.2) is 0 Å². The highest BCUT2D eigenvalue weighted by molar-refractivity contribution is 5.59. The Morgan fingerprint density at radius 3 is 2.75 bits per heavy atom. The lowest BCUT2D eigenvalue weighted by molar-refractivity contribution is -0.385. The zero-order valence-corrected chi connectivity index (χ0v) is 6.36. The summed E-state index contributed by atoms with van der Waals surface area (Å²) >= 11 is 0. The smallest absolute Gasteiger partial charge is 0.258 e. The Hall–Kier alpha value is -1.86. The second-order valence-electron chi connectivity index (χ2n) is 2.16. The molecule has 3 heteroatoms. The summed E-state index contributed by atoms with van der Waals surface area (Å²) in [5.74, 6) is 0. The third kappa shape index (κ3) is 1.59. The average molecular weight is 161 g/mol. The largest absolute Gasteiger partial charge is 0.277 e. The average Bonchev–Trinajstić information content (AvgIpc) is 2.05. The van der Waals surface area contributed by atoms with Crippen LogP contribution in [0, 0.1) is 10.1 Å². The SMILES string of the molecule is C=C=Cc1ccccc1[N+](=O)[O-]. The highest BCUT2D eigenvalue weighted by atomic mass is 16.6. The van der Waals surface area contributed by atoms with Crippen molar-refractivity contribution in [1.82, 2.24) is 0 Å². The minimum atomic E-state index is -0.427. The van der Waals surface area contributed by atoms with Crippen LogP contribution in [0.4, 0.5) is 5.69 Å². The van der Waals surface area contributed by atoms with Gasteiger partial charge in [0.1, 0.15) is 0 Å². The zero-order chi connectivity index (χ0) is 8.97. The molecule has 0 aromatic heterocycles. The van der Waals surface area contributed by atoms with Crippen LogP contribution in [0.2, 0.25) is 0 Å². The first-order chi connectivity index (χ1) is 5.75. The van der Waals surface area contributed by atoms with E-state index in [9.17, 15) is 10.1 Å². The van der Waals surface area contributed by atoms with Crippen LogP contribution in [-0.2, 0) is 0 Å². The maximum absolute atomic E-state index is 10.4. The molecule has 0 unspecified atom stereocenters. The molecule has 0 atom stereocenters. The first-order valence-electron chi connectivity index (χ1n) is 3.35. The van der Waals surface area contributed by atoms with Crippen molar-refractivity contribution >= 4 is 11.8 Å². The molecule has 1 rings (SSSR count). The molecule has 0 heterocycles. The summed E-state index contributed by atoms with van der Waals surface area (Å²) in [6.07, 6.45) is 1.48. The standard InChI is InChI=1S/C9H7NO2/c1-2-5-8-6-3-4-7-9(8)10(11)12/h3-7H,1H2. The van der Waals surface area contributed by atoms with Crippen molar-refractivity contribution in [3.63, 3.8) is 0 Å². The summed E-state index contributed by atoms with van der Waals surface area (Å²) in [5, 5.41) is 10.4. The summed E-state index contributed by atoms with van der Waals surface area (Å²) in [4.78, 5) is 10.0. The van der Waals surface area contributed by atoms with Gasteiger partial charge in [-0.2, -0.15) is 0 Å². The van der Waals surface area contributed by atoms with Gasteiger partial charge in [-0.3, -0.25) is 10.1 Å². The topological polar surface area (TPSA) is 43.1 Å². The quantitative estimate of drug-likeness (QED) is 0.379. The first-order valence-corrected chi connectivity index (χ1v) is 3.35. The number of nitrogens with zero attached hydrogens (tertiary/aromatic N) is 1. The monoisotopic (exact) mass is 161 g/mol. The van der Waals surface area contributed by atoms with Gasteiger partial charge < -0.3 is 0 Å². The highest BCUT2D eigenvalue weighted by Gasteiger charge is 2.08. The molecule has 12 heavy (non-hydrogen) atoms. The molecule has 0 bridgehead atoms. The van der Waals surface area contributed by atoms with E-state index in [-0.39, 0.29) is 5.69 Å². The fourth-order valence-electron chi connectivity index (χ4n) is 0.886. The first kappa shape index (κ1) is 8.24. The van der Waals surface area contributed by atoms with Crippen LogP contribution in [0.5, 0.6) is 0 Å². The predicted molar refractivity (Wildman–Crippen MR) is 46.7 cm³/mol. The minimum absolute atomic E-state index is 0.0775. The second-order valence-corrected chi connectivity index (χ2v) is 2.16. The van der Waals surface area contributed by atoms with Crippen molar-refractivity contribution in [2.45, 2.75) is 0 Å². The number of nitro groups is 1. The molecule has 0 aliphatic carbocycles. The number of benzene rings is 1. The van der Waals surface area contributed by atoms with Crippen molar-refractivity contribution in [1.29, 1.82) is 0 Å². The van der Waals surface area contributed by atoms with E-state index in [0.29, 0.717) is 5.56 Å². The van der Waals surface area contributed by atoms with Gasteiger partial charge in [-0.05, 0) is 12.1 Å². The molecule has 0 radical (unpaired) electrons. The summed E-state index contributed by atoms with van der Waals surface area (Å²) in [7, 11) is 0. The van der Waals surface area contributed by atoms with Crippen LogP contribution in [0.1, 0.15) is 5.56 Å². The van der Waals surface area contributed by atoms with Crippen molar-refractivity contribution < 1.29 is 4.92 Å². The van der Waals surface area contributed by atoms with E-state index in [0.717, 1.165) is 0 Å². The van der Waals surface area contributed by atoms with Gasteiger partial charge in [-0.1, -0.05) is 18.7 Å². The van der Waals surface area contributed by atoms with E-state index in [1.165, 1.54) is 12.1 Å². The Kier molecular flexibility index (Phi) is 2.41. The molecule has 3 nitrogen and oxygen atoms in total. The molecule has 0 N–H and O–H groups in total. The molecule has 0 spiro atoms. The Balaban J connectivity index is 3.26. The molecule has 1 aromatic rings. The summed E-state index contributed by atoms with van der Waals surface area (Å²) < 4.78 is 0. The number of hydrogen-bond acceptors (Lipinski definition) is 2. The summed E-state index contributed by atoms with van der Waals surface area (Å²) in [6, 6.07) is 6.45. The Morgan fingerprint density at radius 1 is 1.50 bits per heavy atom. The van der Waals surface area contributed by atoms with Gasteiger partial charge in [0.25, 0.3) is 5.69 Å². The molecule has 0 aliphatic heterocycles. The number of para-hydroxylation sites is 1. The third-order valence-electron chi connectivity index (χ3n) is 1.39. The van der Waals surface area contributed by atoms with Gasteiger partial charge in [-0.25, -0.2) is 0 Å². The molecule has 1 aromatic carbocycles. The van der Waals surface area contributed by atoms with Crippen LogP contribution >= 0.6 is 0 Å². The Labute approximate surface area is 69.8 Å². The van der Waals surface area contributed by atoms with Crippen LogP contribution in [0.25, 0.3) is 6.08 Å². The molecule has 0 aliphatic rings. The number of rotatable bonds is 2. The predicted octanol–water partition coefficient (Wildman–Crippen LogP) is 2.39. The fourth-order valence-corrected chi connectivity index (χ4v) is 0.886. The van der Waals surface area contributed by atoms with E-state index in [4.69, 9.17) is 0 Å². The lowest BCUT2D eigenvalue weighted by Crippen LogP contribution is -1.89. The molecule has 0 saturated heterocycles. The van der Waals surface area contributed by atoms with Gasteiger partial charge in [0, 0.05) is 6.07 Å². The maximum atomic E-state index is 10.4. The maximum Gasteiger partial charge on any atom is 0.277 e. The molecule has 60 valence electrons. The van der Waals surface area contributed by atoms with Crippen molar-refractivity contribution in [2.24, 2.45) is 0 Å². The van der Waals surface area contributed by atoms with Gasteiger partial charge in [-0.15, -0.1) is 5.73 Å². The minimum Gasteiger partial charge on any atom is -0.258 e. The molecule has 0 saturated carbocycles. The van der Waals surface area contributed by atoms with Crippen molar-refractivity contribution in [3.05, 3.63) is 52.3 Å². The van der Waals surface area contributed by atoms with E-state index in [1.54, 1.807) is 18.2 Å². The van der Waals surface area contributed by atoms with E-state index < -0.39 is 4.92 Å². The van der Waals surface area contributed by atoms with Gasteiger partial charge in [0.2, 0.25) is 0 Å². The fraction of sp³-hybridized carbons (Fsp3) is 0. The normalized spacial score (nSPS) is 8.67. The van der Waals surface area contributed by atoms with E-state index >= 15 is 0 Å². The Morgan fingerprint density at radius 2 is 2.17 bits per heavy atom. The van der Waals surface area contributed by atoms with Crippen molar-refractivity contribution in [2.75, 3.05) is 0 Å². The van der Waals surface area contributed by atoms with E-state index in [1.807, 2.05) is 0 Å². The molecule has 0 fully saturated rings. The highest BCUT2D eigenvalue weighted by Crippen LogP contribution is 2.17. The summed E-state index contributed by atoms with van der Waals surface area (Å²) in [6.45, 7) is 3.35.